The first-order chi connectivity index (χ1) is 9.31. The molecular weight excluding hydrogens is 286 g/mol. The van der Waals surface area contributed by atoms with Crippen molar-refractivity contribution in [1.82, 2.24) is 10.3 Å². The van der Waals surface area contributed by atoms with E-state index < -0.39 is 16.9 Å². The first-order valence-corrected chi connectivity index (χ1v) is 6.45. The van der Waals surface area contributed by atoms with Crippen molar-refractivity contribution in [2.45, 2.75) is 26.4 Å². The molecule has 0 saturated heterocycles. The quantitative estimate of drug-likeness (QED) is 0.473. The Bertz CT molecular complexity index is 507. The minimum Gasteiger partial charge on any atom is -0.391 e. The van der Waals surface area contributed by atoms with Gasteiger partial charge in [-0.05, 0) is 12.3 Å². The summed E-state index contributed by atoms with van der Waals surface area (Å²) in [4.78, 5) is 25.4. The highest BCUT2D eigenvalue weighted by Crippen LogP contribution is 2.18. The number of aliphatic hydroxyl groups is 1. The summed E-state index contributed by atoms with van der Waals surface area (Å²) >= 11 is 5.74. The maximum Gasteiger partial charge on any atom is 0.288 e. The van der Waals surface area contributed by atoms with E-state index in [0.29, 0.717) is 12.3 Å². The van der Waals surface area contributed by atoms with Gasteiger partial charge in [-0.25, -0.2) is 4.98 Å². The highest BCUT2D eigenvalue weighted by Gasteiger charge is 2.18. The van der Waals surface area contributed by atoms with E-state index in [0.717, 1.165) is 12.3 Å². The molecule has 7 nitrogen and oxygen atoms in total. The summed E-state index contributed by atoms with van der Waals surface area (Å²) in [6.07, 6.45) is 0.845. The van der Waals surface area contributed by atoms with Crippen molar-refractivity contribution in [2.75, 3.05) is 6.54 Å². The van der Waals surface area contributed by atoms with E-state index in [9.17, 15) is 20.0 Å². The Kier molecular flexibility index (Phi) is 5.84. The molecule has 0 radical (unpaired) electrons. The summed E-state index contributed by atoms with van der Waals surface area (Å²) in [6.45, 7) is 3.95. The number of aliphatic hydroxyl groups excluding tert-OH is 1. The van der Waals surface area contributed by atoms with Crippen molar-refractivity contribution in [2.24, 2.45) is 5.92 Å². The lowest BCUT2D eigenvalue weighted by Gasteiger charge is -2.14. The largest absolute Gasteiger partial charge is 0.391 e. The molecule has 0 aliphatic rings. The lowest BCUT2D eigenvalue weighted by Crippen LogP contribution is -2.33. The predicted molar refractivity (Wildman–Crippen MR) is 73.7 cm³/mol. The molecule has 1 aromatic rings. The maximum atomic E-state index is 11.9. The van der Waals surface area contributed by atoms with Gasteiger partial charge in [-0.2, -0.15) is 0 Å². The average molecular weight is 302 g/mol. The minimum atomic E-state index is -0.676. The fourth-order valence-corrected chi connectivity index (χ4v) is 1.82. The fourth-order valence-electron chi connectivity index (χ4n) is 1.63. The zero-order chi connectivity index (χ0) is 15.3. The highest BCUT2D eigenvalue weighted by molar-refractivity contribution is 6.32. The molecule has 1 heterocycles. The van der Waals surface area contributed by atoms with Gasteiger partial charge in [0, 0.05) is 12.6 Å². The zero-order valence-corrected chi connectivity index (χ0v) is 11.9. The van der Waals surface area contributed by atoms with Crippen LogP contribution in [0, 0.1) is 16.0 Å². The number of nitrogens with zero attached hydrogens (tertiary/aromatic N) is 2. The number of halogens is 1. The molecule has 0 aromatic carbocycles. The van der Waals surface area contributed by atoms with Gasteiger partial charge < -0.3 is 10.4 Å². The Morgan fingerprint density at radius 3 is 2.80 bits per heavy atom. The lowest BCUT2D eigenvalue weighted by atomic mass is 10.1. The second kappa shape index (κ2) is 7.16. The first kappa shape index (κ1) is 16.3. The van der Waals surface area contributed by atoms with Gasteiger partial charge in [0.25, 0.3) is 11.6 Å². The molecule has 1 unspecified atom stereocenters. The number of rotatable bonds is 6. The summed E-state index contributed by atoms with van der Waals surface area (Å²) in [5.74, 6) is -0.307. The van der Waals surface area contributed by atoms with Crippen molar-refractivity contribution in [3.05, 3.63) is 33.1 Å². The van der Waals surface area contributed by atoms with Gasteiger partial charge in [0.2, 0.25) is 0 Å². The van der Waals surface area contributed by atoms with Crippen LogP contribution >= 0.6 is 11.6 Å². The number of hydrogen-bond acceptors (Lipinski definition) is 5. The van der Waals surface area contributed by atoms with Gasteiger partial charge in [0.15, 0.2) is 0 Å². The number of hydrogen-bond donors (Lipinski definition) is 2. The van der Waals surface area contributed by atoms with Gasteiger partial charge >= 0.3 is 0 Å². The van der Waals surface area contributed by atoms with Crippen LogP contribution in [-0.4, -0.2) is 33.6 Å². The Morgan fingerprint density at radius 2 is 2.25 bits per heavy atom. The van der Waals surface area contributed by atoms with E-state index in [1.165, 1.54) is 0 Å². The summed E-state index contributed by atoms with van der Waals surface area (Å²) < 4.78 is 0. The molecule has 1 rings (SSSR count). The third-order valence-corrected chi connectivity index (χ3v) is 2.82. The van der Waals surface area contributed by atoms with E-state index in [1.807, 2.05) is 13.8 Å². The number of pyridine rings is 1. The van der Waals surface area contributed by atoms with Crippen molar-refractivity contribution in [3.8, 4) is 0 Å². The fraction of sp³-hybridized carbons (Fsp3) is 0.500. The molecule has 0 aliphatic carbocycles. The highest BCUT2D eigenvalue weighted by atomic mass is 35.5. The van der Waals surface area contributed by atoms with Crippen molar-refractivity contribution >= 4 is 23.2 Å². The van der Waals surface area contributed by atoms with Gasteiger partial charge in [0.05, 0.1) is 16.6 Å². The van der Waals surface area contributed by atoms with Crippen molar-refractivity contribution in [3.63, 3.8) is 0 Å². The van der Waals surface area contributed by atoms with Crippen molar-refractivity contribution < 1.29 is 14.8 Å². The van der Waals surface area contributed by atoms with Crippen molar-refractivity contribution in [1.29, 1.82) is 0 Å². The van der Waals surface area contributed by atoms with Gasteiger partial charge in [-0.1, -0.05) is 25.4 Å². The molecule has 2 N–H and O–H groups in total. The third-order valence-electron chi connectivity index (χ3n) is 2.52. The van der Waals surface area contributed by atoms with Crippen LogP contribution in [0.5, 0.6) is 0 Å². The third kappa shape index (κ3) is 4.75. The van der Waals surface area contributed by atoms with Crippen LogP contribution in [0.2, 0.25) is 5.15 Å². The van der Waals surface area contributed by atoms with Gasteiger partial charge in [-0.3, -0.25) is 14.9 Å². The van der Waals surface area contributed by atoms with E-state index in [1.54, 1.807) is 0 Å². The summed E-state index contributed by atoms with van der Waals surface area (Å²) in [6, 6.07) is 1.06. The second-order valence-electron chi connectivity index (χ2n) is 4.78. The second-order valence-corrected chi connectivity index (χ2v) is 5.14. The molecule has 1 atom stereocenters. The topological polar surface area (TPSA) is 105 Å². The van der Waals surface area contributed by atoms with Crippen LogP contribution in [-0.2, 0) is 0 Å². The molecule has 1 amide bonds. The molecule has 0 aliphatic heterocycles. The molecule has 0 fully saturated rings. The Balaban J connectivity index is 2.72. The lowest BCUT2D eigenvalue weighted by molar-refractivity contribution is -0.385. The van der Waals surface area contributed by atoms with E-state index in [-0.39, 0.29) is 22.9 Å². The van der Waals surface area contributed by atoms with Gasteiger partial charge in [0.1, 0.15) is 11.3 Å². The van der Waals surface area contributed by atoms with Crippen LogP contribution in [0.15, 0.2) is 12.3 Å². The molecule has 0 bridgehead atoms. The number of carbonyl (C=O) groups is 1. The van der Waals surface area contributed by atoms with E-state index in [2.05, 4.69) is 10.3 Å². The Hall–Kier alpha value is -1.73. The van der Waals surface area contributed by atoms with E-state index >= 15 is 0 Å². The van der Waals surface area contributed by atoms with Crippen LogP contribution in [0.3, 0.4) is 0 Å². The molecular formula is C12H16ClN3O4. The number of nitro groups is 1. The number of carbonyl (C=O) groups excluding carboxylic acids is 1. The Labute approximate surface area is 121 Å². The molecule has 0 spiro atoms. The normalized spacial score (nSPS) is 12.2. The predicted octanol–water partition coefficient (Wildman–Crippen LogP) is 1.78. The number of nitrogens with one attached hydrogen (secondary N) is 1. The standard InChI is InChI=1S/C12H16ClN3O4/c1-7(2)3-9(17)6-15-12(18)10-4-8(16(19)20)5-14-11(10)13/h4-5,7,9,17H,3,6H2,1-2H3,(H,15,18). The SMILES string of the molecule is CC(C)CC(O)CNC(=O)c1cc([N+](=O)[O-])cnc1Cl. The minimum absolute atomic E-state index is 0.0516. The Morgan fingerprint density at radius 1 is 1.60 bits per heavy atom. The number of amides is 1. The summed E-state index contributed by atoms with van der Waals surface area (Å²) in [5, 5.41) is 22.6. The summed E-state index contributed by atoms with van der Waals surface area (Å²) in [5.41, 5.74) is -0.403. The van der Waals surface area contributed by atoms with Gasteiger partial charge in [-0.15, -0.1) is 0 Å². The van der Waals surface area contributed by atoms with Crippen LogP contribution in [0.25, 0.3) is 0 Å². The molecule has 8 heteroatoms. The zero-order valence-electron chi connectivity index (χ0n) is 11.2. The molecule has 110 valence electrons. The molecule has 1 aromatic heterocycles. The van der Waals surface area contributed by atoms with Crippen LogP contribution in [0.4, 0.5) is 5.69 Å². The number of aromatic nitrogens is 1. The monoisotopic (exact) mass is 301 g/mol. The first-order valence-electron chi connectivity index (χ1n) is 6.07. The average Bonchev–Trinajstić information content (AvgIpc) is 2.35. The van der Waals surface area contributed by atoms with Crippen LogP contribution < -0.4 is 5.32 Å². The maximum absolute atomic E-state index is 11.9. The molecule has 20 heavy (non-hydrogen) atoms. The molecule has 0 saturated carbocycles. The summed E-state index contributed by atoms with van der Waals surface area (Å²) in [7, 11) is 0. The smallest absolute Gasteiger partial charge is 0.288 e. The van der Waals surface area contributed by atoms with Crippen LogP contribution in [0.1, 0.15) is 30.6 Å². The van der Waals surface area contributed by atoms with E-state index in [4.69, 9.17) is 11.6 Å².